The minimum absolute atomic E-state index is 0.0577. The highest BCUT2D eigenvalue weighted by Crippen LogP contribution is 2.22. The summed E-state index contributed by atoms with van der Waals surface area (Å²) in [6.45, 7) is 4.39. The lowest BCUT2D eigenvalue weighted by Crippen LogP contribution is -2.38. The largest absolute Gasteiger partial charge is 0.393 e. The summed E-state index contributed by atoms with van der Waals surface area (Å²) < 4.78 is 0. The number of piperidine rings is 1. The molecule has 0 bridgehead atoms. The van der Waals surface area contributed by atoms with Crippen molar-refractivity contribution in [3.05, 3.63) is 23.9 Å². The molecule has 0 spiro atoms. The van der Waals surface area contributed by atoms with Crippen LogP contribution in [-0.4, -0.2) is 41.2 Å². The second kappa shape index (κ2) is 7.30. The lowest BCUT2D eigenvalue weighted by atomic mass is 9.93. The Morgan fingerprint density at radius 2 is 1.87 bits per heavy atom. The Balaban J connectivity index is 1.55. The molecule has 126 valence electrons. The van der Waals surface area contributed by atoms with E-state index in [2.05, 4.69) is 22.1 Å². The van der Waals surface area contributed by atoms with Crippen molar-refractivity contribution in [3.63, 3.8) is 0 Å². The highest BCUT2D eigenvalue weighted by atomic mass is 16.3. The highest BCUT2D eigenvalue weighted by Gasteiger charge is 2.22. The molecule has 0 aromatic carbocycles. The molecule has 1 aliphatic heterocycles. The van der Waals surface area contributed by atoms with Crippen molar-refractivity contribution in [2.24, 2.45) is 5.92 Å². The molecule has 0 atom stereocenters. The quantitative estimate of drug-likeness (QED) is 0.898. The van der Waals surface area contributed by atoms with E-state index in [1.807, 2.05) is 12.1 Å². The van der Waals surface area contributed by atoms with Crippen molar-refractivity contribution in [1.82, 2.24) is 10.3 Å². The molecule has 2 heterocycles. The first-order chi connectivity index (χ1) is 11.1. The van der Waals surface area contributed by atoms with Crippen molar-refractivity contribution in [1.29, 1.82) is 0 Å². The van der Waals surface area contributed by atoms with Crippen molar-refractivity contribution in [2.45, 2.75) is 57.6 Å². The third-order valence-corrected chi connectivity index (χ3v) is 5.15. The molecule has 1 saturated carbocycles. The molecule has 0 radical (unpaired) electrons. The Morgan fingerprint density at radius 3 is 2.48 bits per heavy atom. The van der Waals surface area contributed by atoms with E-state index in [4.69, 9.17) is 0 Å². The van der Waals surface area contributed by atoms with Gasteiger partial charge in [-0.1, -0.05) is 6.92 Å². The molecule has 1 aromatic heterocycles. The maximum absolute atomic E-state index is 12.3. The zero-order chi connectivity index (χ0) is 16.2. The first kappa shape index (κ1) is 16.2. The molecule has 1 aromatic rings. The van der Waals surface area contributed by atoms with Crippen LogP contribution in [0, 0.1) is 5.92 Å². The number of hydrogen-bond acceptors (Lipinski definition) is 4. The molecular weight excluding hydrogens is 290 g/mol. The maximum Gasteiger partial charge on any atom is 0.253 e. The number of aromatic nitrogens is 1. The van der Waals surface area contributed by atoms with Crippen molar-refractivity contribution in [2.75, 3.05) is 18.0 Å². The number of carbonyl (C=O) groups is 1. The number of anilines is 1. The van der Waals surface area contributed by atoms with Gasteiger partial charge in [-0.25, -0.2) is 4.98 Å². The second-order valence-electron chi connectivity index (χ2n) is 7.05. The predicted molar refractivity (Wildman–Crippen MR) is 90.6 cm³/mol. The predicted octanol–water partition coefficient (Wildman–Crippen LogP) is 2.35. The summed E-state index contributed by atoms with van der Waals surface area (Å²) in [7, 11) is 0. The van der Waals surface area contributed by atoms with Gasteiger partial charge in [-0.2, -0.15) is 0 Å². The normalized spacial score (nSPS) is 26.1. The first-order valence-corrected chi connectivity index (χ1v) is 8.82. The number of hydrogen-bond donors (Lipinski definition) is 2. The molecule has 2 N–H and O–H groups in total. The summed E-state index contributed by atoms with van der Waals surface area (Å²) in [5, 5.41) is 12.6. The molecule has 2 fully saturated rings. The molecule has 1 amide bonds. The van der Waals surface area contributed by atoms with E-state index >= 15 is 0 Å². The Bertz CT molecular complexity index is 516. The zero-order valence-electron chi connectivity index (χ0n) is 13.9. The number of rotatable bonds is 3. The van der Waals surface area contributed by atoms with E-state index < -0.39 is 0 Å². The number of nitrogens with zero attached hydrogens (tertiary/aromatic N) is 2. The Labute approximate surface area is 138 Å². The molecule has 2 aliphatic rings. The van der Waals surface area contributed by atoms with Gasteiger partial charge in [-0.3, -0.25) is 4.79 Å². The monoisotopic (exact) mass is 317 g/mol. The average Bonchev–Trinajstić information content (AvgIpc) is 2.58. The summed E-state index contributed by atoms with van der Waals surface area (Å²) in [4.78, 5) is 19.1. The average molecular weight is 317 g/mol. The lowest BCUT2D eigenvalue weighted by molar-refractivity contribution is 0.0867. The van der Waals surface area contributed by atoms with Gasteiger partial charge in [0, 0.05) is 25.3 Å². The number of carbonyl (C=O) groups excluding carboxylic acids is 1. The van der Waals surface area contributed by atoms with Crippen molar-refractivity contribution in [3.8, 4) is 0 Å². The van der Waals surface area contributed by atoms with Crippen LogP contribution in [0.15, 0.2) is 18.3 Å². The van der Waals surface area contributed by atoms with Gasteiger partial charge in [0.15, 0.2) is 0 Å². The van der Waals surface area contributed by atoms with Crippen LogP contribution in [0.3, 0.4) is 0 Å². The van der Waals surface area contributed by atoms with Gasteiger partial charge in [0.1, 0.15) is 5.82 Å². The van der Waals surface area contributed by atoms with E-state index in [1.54, 1.807) is 6.20 Å². The van der Waals surface area contributed by atoms with Crippen LogP contribution >= 0.6 is 0 Å². The third kappa shape index (κ3) is 4.22. The molecule has 23 heavy (non-hydrogen) atoms. The van der Waals surface area contributed by atoms with E-state index in [1.165, 1.54) is 12.8 Å². The van der Waals surface area contributed by atoms with Gasteiger partial charge in [0.2, 0.25) is 0 Å². The minimum atomic E-state index is -0.198. The van der Waals surface area contributed by atoms with Crippen LogP contribution in [0.4, 0.5) is 5.82 Å². The summed E-state index contributed by atoms with van der Waals surface area (Å²) >= 11 is 0. The van der Waals surface area contributed by atoms with Gasteiger partial charge in [0.25, 0.3) is 5.91 Å². The topological polar surface area (TPSA) is 65.5 Å². The van der Waals surface area contributed by atoms with Crippen molar-refractivity contribution >= 4 is 11.7 Å². The lowest BCUT2D eigenvalue weighted by Gasteiger charge is -2.31. The van der Waals surface area contributed by atoms with E-state index in [-0.39, 0.29) is 18.1 Å². The summed E-state index contributed by atoms with van der Waals surface area (Å²) in [6, 6.07) is 4.00. The maximum atomic E-state index is 12.3. The van der Waals surface area contributed by atoms with Crippen LogP contribution < -0.4 is 10.2 Å². The number of aliphatic hydroxyl groups is 1. The zero-order valence-corrected chi connectivity index (χ0v) is 13.9. The van der Waals surface area contributed by atoms with Crippen LogP contribution in [-0.2, 0) is 0 Å². The SMILES string of the molecule is CC1CCN(c2ccc(C(=O)NC3CCC(O)CC3)cn2)CC1. The third-order valence-electron chi connectivity index (χ3n) is 5.15. The molecule has 0 unspecified atom stereocenters. The Morgan fingerprint density at radius 1 is 1.17 bits per heavy atom. The van der Waals surface area contributed by atoms with Gasteiger partial charge in [-0.05, 0) is 56.6 Å². The summed E-state index contributed by atoms with van der Waals surface area (Å²) in [5.74, 6) is 1.71. The minimum Gasteiger partial charge on any atom is -0.393 e. The van der Waals surface area contributed by atoms with Crippen LogP contribution in [0.1, 0.15) is 55.8 Å². The highest BCUT2D eigenvalue weighted by molar-refractivity contribution is 5.94. The van der Waals surface area contributed by atoms with Gasteiger partial charge < -0.3 is 15.3 Å². The van der Waals surface area contributed by atoms with Gasteiger partial charge in [-0.15, -0.1) is 0 Å². The fourth-order valence-corrected chi connectivity index (χ4v) is 3.43. The van der Waals surface area contributed by atoms with Crippen LogP contribution in [0.25, 0.3) is 0 Å². The van der Waals surface area contributed by atoms with E-state index in [0.29, 0.717) is 5.56 Å². The molecule has 5 nitrogen and oxygen atoms in total. The molecule has 5 heteroatoms. The smallest absolute Gasteiger partial charge is 0.253 e. The fraction of sp³-hybridized carbons (Fsp3) is 0.667. The van der Waals surface area contributed by atoms with Crippen LogP contribution in [0.5, 0.6) is 0 Å². The van der Waals surface area contributed by atoms with Gasteiger partial charge >= 0.3 is 0 Å². The number of nitrogens with one attached hydrogen (secondary N) is 1. The first-order valence-electron chi connectivity index (χ1n) is 8.82. The standard InChI is InChI=1S/C18H27N3O2/c1-13-8-10-21(11-9-13)17-7-2-14(12-19-17)18(23)20-15-3-5-16(22)6-4-15/h2,7,12-13,15-16,22H,3-6,8-11H2,1H3,(H,20,23). The van der Waals surface area contributed by atoms with Gasteiger partial charge in [0.05, 0.1) is 11.7 Å². The number of aliphatic hydroxyl groups excluding tert-OH is 1. The van der Waals surface area contributed by atoms with E-state index in [9.17, 15) is 9.90 Å². The Hall–Kier alpha value is -1.62. The molecule has 1 aliphatic carbocycles. The number of pyridine rings is 1. The fourth-order valence-electron chi connectivity index (χ4n) is 3.43. The van der Waals surface area contributed by atoms with Crippen LogP contribution in [0.2, 0.25) is 0 Å². The molecule has 1 saturated heterocycles. The van der Waals surface area contributed by atoms with Crippen molar-refractivity contribution < 1.29 is 9.90 Å². The molecular formula is C18H27N3O2. The molecule has 3 rings (SSSR count). The second-order valence-corrected chi connectivity index (χ2v) is 7.05. The van der Waals surface area contributed by atoms with E-state index in [0.717, 1.165) is 50.5 Å². The number of amides is 1. The summed E-state index contributed by atoms with van der Waals surface area (Å²) in [6.07, 6.45) is 7.14. The Kier molecular flexibility index (Phi) is 5.16. The summed E-state index contributed by atoms with van der Waals surface area (Å²) in [5.41, 5.74) is 0.616.